The van der Waals surface area contributed by atoms with Crippen molar-refractivity contribution in [3.63, 3.8) is 0 Å². The molecule has 0 aliphatic carbocycles. The second-order valence-corrected chi connectivity index (χ2v) is 10.2. The number of aryl methyl sites for hydroxylation is 3. The second-order valence-electron chi connectivity index (χ2n) is 8.40. The zero-order valence-electron chi connectivity index (χ0n) is 20.1. The molecule has 2 aromatic carbocycles. The molecule has 0 atom stereocenters. The van der Waals surface area contributed by atoms with Gasteiger partial charge in [-0.2, -0.15) is 0 Å². The highest BCUT2D eigenvalue weighted by molar-refractivity contribution is 8.00. The highest BCUT2D eigenvalue weighted by atomic mass is 32.2. The summed E-state index contributed by atoms with van der Waals surface area (Å²) in [6.45, 7) is 6.54. The molecule has 0 unspecified atom stereocenters. The number of hydrogen-bond acceptors (Lipinski definition) is 8. The summed E-state index contributed by atoms with van der Waals surface area (Å²) >= 11 is 3.08. The summed E-state index contributed by atoms with van der Waals surface area (Å²) in [6.07, 6.45) is 2.52. The average Bonchev–Trinajstić information content (AvgIpc) is 3.49. The Morgan fingerprint density at radius 2 is 1.83 bits per heavy atom. The minimum absolute atomic E-state index is 0.220. The molecule has 4 N–H and O–H groups in total. The Kier molecular flexibility index (Phi) is 7.06. The lowest BCUT2D eigenvalue weighted by atomic mass is 10.0. The van der Waals surface area contributed by atoms with E-state index < -0.39 is 0 Å². The molecular weight excluding hydrogens is 493 g/mol. The van der Waals surface area contributed by atoms with Gasteiger partial charge in [-0.25, -0.2) is 19.3 Å². The minimum Gasteiger partial charge on any atom is -0.370 e. The molecule has 0 spiro atoms. The number of hydrogen-bond donors (Lipinski definition) is 4. The third-order valence-corrected chi connectivity index (χ3v) is 7.39. The van der Waals surface area contributed by atoms with Crippen molar-refractivity contribution in [2.45, 2.75) is 32.1 Å². The molecule has 3 aromatic heterocycles. The lowest BCUT2D eigenvalue weighted by molar-refractivity contribution is 0.637. The Bertz CT molecular complexity index is 1480. The van der Waals surface area contributed by atoms with Gasteiger partial charge in [-0.05, 0) is 80.6 Å². The van der Waals surface area contributed by atoms with Gasteiger partial charge in [0.25, 0.3) is 0 Å². The van der Waals surface area contributed by atoms with Crippen LogP contribution in [-0.2, 0) is 6.42 Å². The van der Waals surface area contributed by atoms with Crippen molar-refractivity contribution >= 4 is 56.6 Å². The summed E-state index contributed by atoms with van der Waals surface area (Å²) in [5, 5.41) is 10.5. The minimum atomic E-state index is -0.220. The maximum absolute atomic E-state index is 14.3. The predicted octanol–water partition coefficient (Wildman–Crippen LogP) is 7.00. The van der Waals surface area contributed by atoms with Crippen LogP contribution in [0.3, 0.4) is 0 Å². The Hall–Kier alpha value is -3.63. The third kappa shape index (κ3) is 5.44. The van der Waals surface area contributed by atoms with E-state index in [2.05, 4.69) is 35.3 Å². The smallest absolute Gasteiger partial charge is 0.192 e. The third-order valence-electron chi connectivity index (χ3n) is 5.76. The van der Waals surface area contributed by atoms with Gasteiger partial charge < -0.3 is 20.3 Å². The molecule has 0 radical (unpaired) electrons. The number of H-pyrrole nitrogens is 1. The average molecular weight is 520 g/mol. The number of aromatic amines is 1. The standard InChI is InChI=1S/C26H26FN7S2/c1-15-4-9-21(27)25-24(15)20(16(2)30-25)10-11-28-22-14-23(32-17(3)31-22)33-18-5-7-19(8-6-18)36-34-26-29-12-13-35-26/h4-9,12-14,30H,10-11H2,1-3H3,(H,29,34)(H2,28,31,32,33). The first-order valence-electron chi connectivity index (χ1n) is 11.5. The summed E-state index contributed by atoms with van der Waals surface area (Å²) in [4.78, 5) is 17.6. The van der Waals surface area contributed by atoms with Gasteiger partial charge in [-0.15, -0.1) is 11.3 Å². The van der Waals surface area contributed by atoms with Gasteiger partial charge in [0.2, 0.25) is 0 Å². The number of fused-ring (bicyclic) bond motifs is 1. The van der Waals surface area contributed by atoms with Crippen LogP contribution in [0.25, 0.3) is 10.9 Å². The van der Waals surface area contributed by atoms with Gasteiger partial charge in [0.15, 0.2) is 5.13 Å². The van der Waals surface area contributed by atoms with E-state index in [1.54, 1.807) is 17.5 Å². The molecule has 0 aliphatic heterocycles. The number of nitrogens with one attached hydrogen (secondary N) is 4. The molecule has 0 amide bonds. The summed E-state index contributed by atoms with van der Waals surface area (Å²) in [5.41, 5.74) is 4.70. The van der Waals surface area contributed by atoms with Crippen molar-refractivity contribution < 1.29 is 4.39 Å². The number of aromatic nitrogens is 4. The van der Waals surface area contributed by atoms with Crippen LogP contribution in [0.1, 0.15) is 22.6 Å². The zero-order chi connectivity index (χ0) is 25.1. The zero-order valence-corrected chi connectivity index (χ0v) is 21.8. The van der Waals surface area contributed by atoms with Crippen molar-refractivity contribution in [1.29, 1.82) is 0 Å². The molecule has 5 rings (SSSR count). The molecule has 0 saturated heterocycles. The molecule has 5 aromatic rings. The van der Waals surface area contributed by atoms with Gasteiger partial charge in [0.05, 0.1) is 5.52 Å². The Morgan fingerprint density at radius 1 is 1.03 bits per heavy atom. The Balaban J connectivity index is 1.22. The monoisotopic (exact) mass is 519 g/mol. The maximum atomic E-state index is 14.3. The van der Waals surface area contributed by atoms with E-state index in [4.69, 9.17) is 0 Å². The van der Waals surface area contributed by atoms with Gasteiger partial charge in [-0.1, -0.05) is 6.07 Å². The quantitative estimate of drug-likeness (QED) is 0.156. The number of rotatable bonds is 9. The molecule has 10 heteroatoms. The molecule has 7 nitrogen and oxygen atoms in total. The van der Waals surface area contributed by atoms with E-state index in [1.807, 2.05) is 62.5 Å². The van der Waals surface area contributed by atoms with E-state index >= 15 is 0 Å². The van der Waals surface area contributed by atoms with Gasteiger partial charge >= 0.3 is 0 Å². The Morgan fingerprint density at radius 3 is 2.61 bits per heavy atom. The second kappa shape index (κ2) is 10.5. The number of nitrogens with zero attached hydrogens (tertiary/aromatic N) is 3. The fourth-order valence-electron chi connectivity index (χ4n) is 4.12. The molecule has 0 bridgehead atoms. The van der Waals surface area contributed by atoms with Crippen LogP contribution in [0.4, 0.5) is 26.8 Å². The fraction of sp³-hybridized carbons (Fsp3) is 0.192. The molecule has 184 valence electrons. The fourth-order valence-corrected chi connectivity index (χ4v) is 5.34. The largest absolute Gasteiger partial charge is 0.370 e. The molecule has 3 heterocycles. The van der Waals surface area contributed by atoms with Crippen molar-refractivity contribution in [1.82, 2.24) is 19.9 Å². The topological polar surface area (TPSA) is 90.5 Å². The van der Waals surface area contributed by atoms with E-state index in [0.717, 1.165) is 50.2 Å². The van der Waals surface area contributed by atoms with Gasteiger partial charge in [0.1, 0.15) is 23.3 Å². The van der Waals surface area contributed by atoms with Crippen LogP contribution in [0.5, 0.6) is 0 Å². The lowest BCUT2D eigenvalue weighted by Crippen LogP contribution is -2.09. The molecule has 0 fully saturated rings. The van der Waals surface area contributed by atoms with Crippen molar-refractivity contribution in [3.05, 3.63) is 82.5 Å². The summed E-state index contributed by atoms with van der Waals surface area (Å²) in [7, 11) is 0. The van der Waals surface area contributed by atoms with E-state index in [-0.39, 0.29) is 5.82 Å². The number of benzene rings is 2. The predicted molar refractivity (Wildman–Crippen MR) is 148 cm³/mol. The van der Waals surface area contributed by atoms with Gasteiger partial charge in [0, 0.05) is 45.9 Å². The van der Waals surface area contributed by atoms with E-state index in [1.165, 1.54) is 18.0 Å². The summed E-state index contributed by atoms with van der Waals surface area (Å²) < 4.78 is 17.5. The van der Waals surface area contributed by atoms with Crippen LogP contribution >= 0.6 is 23.3 Å². The highest BCUT2D eigenvalue weighted by Gasteiger charge is 2.14. The van der Waals surface area contributed by atoms with Crippen LogP contribution in [-0.4, -0.2) is 26.5 Å². The number of halogens is 1. The van der Waals surface area contributed by atoms with E-state index in [9.17, 15) is 4.39 Å². The normalized spacial score (nSPS) is 11.1. The molecular formula is C26H26FN7S2. The van der Waals surface area contributed by atoms with Crippen molar-refractivity contribution in [3.8, 4) is 0 Å². The first-order chi connectivity index (χ1) is 17.5. The van der Waals surface area contributed by atoms with Crippen LogP contribution in [0, 0.1) is 26.6 Å². The van der Waals surface area contributed by atoms with Crippen LogP contribution in [0.15, 0.2) is 58.9 Å². The van der Waals surface area contributed by atoms with Crippen molar-refractivity contribution in [2.75, 3.05) is 21.9 Å². The Labute approximate surface area is 217 Å². The molecule has 36 heavy (non-hydrogen) atoms. The van der Waals surface area contributed by atoms with Crippen molar-refractivity contribution in [2.24, 2.45) is 0 Å². The SMILES string of the molecule is Cc1nc(NCCc2c(C)[nH]c3c(F)ccc(C)c23)cc(Nc2ccc(SNc3nccs3)cc2)n1. The first-order valence-corrected chi connectivity index (χ1v) is 13.2. The first kappa shape index (κ1) is 24.1. The number of thiazole rings is 1. The van der Waals surface area contributed by atoms with Gasteiger partial charge in [-0.3, -0.25) is 0 Å². The van der Waals surface area contributed by atoms with Crippen LogP contribution < -0.4 is 15.4 Å². The lowest BCUT2D eigenvalue weighted by Gasteiger charge is -2.11. The summed E-state index contributed by atoms with van der Waals surface area (Å²) in [6, 6.07) is 13.3. The molecule has 0 aliphatic rings. The number of anilines is 4. The maximum Gasteiger partial charge on any atom is 0.192 e. The summed E-state index contributed by atoms with van der Waals surface area (Å²) in [5.74, 6) is 1.91. The molecule has 0 saturated carbocycles. The van der Waals surface area contributed by atoms with E-state index in [0.29, 0.717) is 23.7 Å². The highest BCUT2D eigenvalue weighted by Crippen LogP contribution is 2.28. The van der Waals surface area contributed by atoms with Crippen LogP contribution in [0.2, 0.25) is 0 Å².